The summed E-state index contributed by atoms with van der Waals surface area (Å²) in [5.74, 6) is -0.199. The van der Waals surface area contributed by atoms with E-state index in [1.54, 1.807) is 0 Å². The van der Waals surface area contributed by atoms with Gasteiger partial charge in [-0.05, 0) is 32.6 Å². The molecule has 1 N–H and O–H groups in total. The zero-order valence-electron chi connectivity index (χ0n) is 11.1. The van der Waals surface area contributed by atoms with E-state index in [9.17, 15) is 4.79 Å². The van der Waals surface area contributed by atoms with Crippen molar-refractivity contribution in [2.45, 2.75) is 27.2 Å². The van der Waals surface area contributed by atoms with Gasteiger partial charge in [0.15, 0.2) is 0 Å². The number of rotatable bonds is 9. The first-order valence-electron chi connectivity index (χ1n) is 6.16. The van der Waals surface area contributed by atoms with Crippen LogP contribution in [0.5, 0.6) is 0 Å². The van der Waals surface area contributed by atoms with Crippen molar-refractivity contribution in [3.05, 3.63) is 0 Å². The van der Waals surface area contributed by atoms with Gasteiger partial charge in [-0.15, -0.1) is 0 Å². The van der Waals surface area contributed by atoms with Gasteiger partial charge in [0, 0.05) is 6.54 Å². The van der Waals surface area contributed by atoms with Crippen molar-refractivity contribution in [2.75, 3.05) is 39.8 Å². The molecule has 0 amide bonds. The predicted octanol–water partition coefficient (Wildman–Crippen LogP) is 1.12. The molecule has 1 atom stereocenters. The number of esters is 1. The SMILES string of the molecule is CCN(CC)CCCNC[C@@H](C)C(=O)OC. The van der Waals surface area contributed by atoms with E-state index in [4.69, 9.17) is 0 Å². The van der Waals surface area contributed by atoms with Crippen molar-refractivity contribution < 1.29 is 9.53 Å². The van der Waals surface area contributed by atoms with Crippen molar-refractivity contribution in [2.24, 2.45) is 5.92 Å². The van der Waals surface area contributed by atoms with E-state index in [1.165, 1.54) is 7.11 Å². The summed E-state index contributed by atoms with van der Waals surface area (Å²) in [7, 11) is 1.43. The Bertz CT molecular complexity index is 182. The van der Waals surface area contributed by atoms with E-state index in [-0.39, 0.29) is 11.9 Å². The molecule has 0 saturated carbocycles. The second-order valence-corrected chi connectivity index (χ2v) is 4.01. The Balaban J connectivity index is 3.42. The highest BCUT2D eigenvalue weighted by atomic mass is 16.5. The number of carbonyl (C=O) groups is 1. The van der Waals surface area contributed by atoms with Gasteiger partial charge in [-0.1, -0.05) is 20.8 Å². The Morgan fingerprint density at radius 1 is 1.38 bits per heavy atom. The van der Waals surface area contributed by atoms with E-state index < -0.39 is 0 Å². The van der Waals surface area contributed by atoms with Gasteiger partial charge in [-0.2, -0.15) is 0 Å². The molecule has 0 heterocycles. The highest BCUT2D eigenvalue weighted by molar-refractivity contribution is 5.71. The number of hydrogen-bond acceptors (Lipinski definition) is 4. The van der Waals surface area contributed by atoms with Gasteiger partial charge in [0.2, 0.25) is 0 Å². The molecule has 0 saturated heterocycles. The fraction of sp³-hybridized carbons (Fsp3) is 0.917. The normalized spacial score (nSPS) is 12.8. The van der Waals surface area contributed by atoms with Crippen LogP contribution in [0.2, 0.25) is 0 Å². The van der Waals surface area contributed by atoms with Gasteiger partial charge in [0.1, 0.15) is 0 Å². The molecule has 0 aromatic heterocycles. The maximum atomic E-state index is 11.1. The summed E-state index contributed by atoms with van der Waals surface area (Å²) in [5.41, 5.74) is 0. The zero-order chi connectivity index (χ0) is 12.4. The molecule has 4 heteroatoms. The minimum absolute atomic E-state index is 0.0570. The van der Waals surface area contributed by atoms with Crippen LogP contribution in [0, 0.1) is 5.92 Å². The largest absolute Gasteiger partial charge is 0.469 e. The molecule has 0 aliphatic carbocycles. The third-order valence-corrected chi connectivity index (χ3v) is 2.78. The highest BCUT2D eigenvalue weighted by Crippen LogP contribution is 1.95. The van der Waals surface area contributed by atoms with Gasteiger partial charge in [0.25, 0.3) is 0 Å². The van der Waals surface area contributed by atoms with Crippen molar-refractivity contribution in [3.8, 4) is 0 Å². The molecule has 0 fully saturated rings. The van der Waals surface area contributed by atoms with Crippen LogP contribution in [0.15, 0.2) is 0 Å². The summed E-state index contributed by atoms with van der Waals surface area (Å²) < 4.78 is 4.65. The van der Waals surface area contributed by atoms with Crippen LogP contribution in [0.1, 0.15) is 27.2 Å². The number of ether oxygens (including phenoxy) is 1. The summed E-state index contributed by atoms with van der Waals surface area (Å²) in [4.78, 5) is 13.5. The Morgan fingerprint density at radius 2 is 2.00 bits per heavy atom. The summed E-state index contributed by atoms with van der Waals surface area (Å²) in [6.45, 7) is 11.2. The van der Waals surface area contributed by atoms with Crippen LogP contribution in [0.3, 0.4) is 0 Å². The Labute approximate surface area is 99.3 Å². The van der Waals surface area contributed by atoms with E-state index in [2.05, 4.69) is 28.8 Å². The lowest BCUT2D eigenvalue weighted by atomic mass is 10.2. The van der Waals surface area contributed by atoms with Crippen LogP contribution in [0.25, 0.3) is 0 Å². The molecular weight excluding hydrogens is 204 g/mol. The molecule has 0 aromatic rings. The van der Waals surface area contributed by atoms with Gasteiger partial charge in [-0.25, -0.2) is 0 Å². The van der Waals surface area contributed by atoms with Gasteiger partial charge in [-0.3, -0.25) is 4.79 Å². The van der Waals surface area contributed by atoms with Crippen LogP contribution < -0.4 is 5.32 Å². The first-order chi connectivity index (χ1) is 7.65. The third-order valence-electron chi connectivity index (χ3n) is 2.78. The maximum Gasteiger partial charge on any atom is 0.309 e. The molecule has 0 spiro atoms. The smallest absolute Gasteiger partial charge is 0.309 e. The van der Waals surface area contributed by atoms with Crippen molar-refractivity contribution in [3.63, 3.8) is 0 Å². The lowest BCUT2D eigenvalue weighted by Crippen LogP contribution is -2.31. The van der Waals surface area contributed by atoms with E-state index in [1.807, 2.05) is 6.92 Å². The van der Waals surface area contributed by atoms with Crippen molar-refractivity contribution in [1.29, 1.82) is 0 Å². The van der Waals surface area contributed by atoms with Gasteiger partial charge >= 0.3 is 5.97 Å². The fourth-order valence-electron chi connectivity index (χ4n) is 1.57. The average molecular weight is 230 g/mol. The molecule has 4 nitrogen and oxygen atoms in total. The molecule has 0 aromatic carbocycles. The number of methoxy groups -OCH3 is 1. The summed E-state index contributed by atoms with van der Waals surface area (Å²) in [6.07, 6.45) is 1.12. The Kier molecular flexibility index (Phi) is 9.24. The predicted molar refractivity (Wildman–Crippen MR) is 66.5 cm³/mol. The lowest BCUT2D eigenvalue weighted by Gasteiger charge is -2.18. The number of nitrogens with zero attached hydrogens (tertiary/aromatic N) is 1. The van der Waals surface area contributed by atoms with Crippen LogP contribution in [-0.4, -0.2) is 50.7 Å². The Morgan fingerprint density at radius 3 is 2.50 bits per heavy atom. The molecule has 0 unspecified atom stereocenters. The number of nitrogens with one attached hydrogen (secondary N) is 1. The van der Waals surface area contributed by atoms with Gasteiger partial charge < -0.3 is 15.0 Å². The molecule has 0 bridgehead atoms. The standard InChI is InChI=1S/C12H26N2O2/c1-5-14(6-2)9-7-8-13-10-11(3)12(15)16-4/h11,13H,5-10H2,1-4H3/t11-/m1/s1. The average Bonchev–Trinajstić information content (AvgIpc) is 2.32. The second kappa shape index (κ2) is 9.60. The van der Waals surface area contributed by atoms with Crippen molar-refractivity contribution >= 4 is 5.97 Å². The van der Waals surface area contributed by atoms with E-state index in [0.717, 1.165) is 32.6 Å². The summed E-state index contributed by atoms with van der Waals surface area (Å²) >= 11 is 0. The molecule has 0 aliphatic heterocycles. The molecule has 96 valence electrons. The topological polar surface area (TPSA) is 41.6 Å². The van der Waals surface area contributed by atoms with E-state index >= 15 is 0 Å². The fourth-order valence-corrected chi connectivity index (χ4v) is 1.57. The monoisotopic (exact) mass is 230 g/mol. The minimum atomic E-state index is -0.142. The molecule has 0 radical (unpaired) electrons. The highest BCUT2D eigenvalue weighted by Gasteiger charge is 2.11. The Hall–Kier alpha value is -0.610. The maximum absolute atomic E-state index is 11.1. The second-order valence-electron chi connectivity index (χ2n) is 4.01. The van der Waals surface area contributed by atoms with Crippen molar-refractivity contribution in [1.82, 2.24) is 10.2 Å². The van der Waals surface area contributed by atoms with Crippen LogP contribution in [0.4, 0.5) is 0 Å². The first kappa shape index (κ1) is 15.4. The minimum Gasteiger partial charge on any atom is -0.469 e. The number of hydrogen-bond donors (Lipinski definition) is 1. The molecule has 0 aliphatic rings. The molecule has 0 rings (SSSR count). The van der Waals surface area contributed by atoms with Crippen LogP contribution >= 0.6 is 0 Å². The number of carbonyl (C=O) groups excluding carboxylic acids is 1. The quantitative estimate of drug-likeness (QED) is 0.476. The first-order valence-corrected chi connectivity index (χ1v) is 6.16. The van der Waals surface area contributed by atoms with Crippen LogP contribution in [-0.2, 0) is 9.53 Å². The molecule has 16 heavy (non-hydrogen) atoms. The third kappa shape index (κ3) is 6.80. The lowest BCUT2D eigenvalue weighted by molar-refractivity contribution is -0.144. The molecular formula is C12H26N2O2. The van der Waals surface area contributed by atoms with E-state index in [0.29, 0.717) is 6.54 Å². The summed E-state index contributed by atoms with van der Waals surface area (Å²) in [5, 5.41) is 3.28. The summed E-state index contributed by atoms with van der Waals surface area (Å²) in [6, 6.07) is 0. The zero-order valence-corrected chi connectivity index (χ0v) is 11.1. The van der Waals surface area contributed by atoms with Gasteiger partial charge in [0.05, 0.1) is 13.0 Å².